The van der Waals surface area contributed by atoms with Gasteiger partial charge in [0.05, 0.1) is 18.2 Å². The van der Waals surface area contributed by atoms with Gasteiger partial charge >= 0.3 is 12.1 Å². The number of nitrogens with two attached hydrogens (primary N) is 1. The zero-order valence-electron chi connectivity index (χ0n) is 22.4. The minimum Gasteiger partial charge on any atom is -0.427 e. The number of carbonyl (C=O) groups excluding carboxylic acids is 4. The Hall–Kier alpha value is -4.26. The van der Waals surface area contributed by atoms with Crippen LogP contribution in [0.3, 0.4) is 0 Å². The number of nitrogens with zero attached hydrogens (tertiary/aromatic N) is 4. The molecule has 1 saturated carbocycles. The number of imide groups is 1. The van der Waals surface area contributed by atoms with Crippen molar-refractivity contribution in [2.45, 2.75) is 52.6 Å². The molecule has 13 nitrogen and oxygen atoms in total. The minimum atomic E-state index is -0.933. The summed E-state index contributed by atoms with van der Waals surface area (Å²) in [4.78, 5) is 60.1. The molecule has 0 radical (unpaired) electrons. The molecule has 39 heavy (non-hydrogen) atoms. The lowest BCUT2D eigenvalue weighted by Gasteiger charge is -2.26. The van der Waals surface area contributed by atoms with Crippen LogP contribution in [0.4, 0.5) is 10.5 Å². The summed E-state index contributed by atoms with van der Waals surface area (Å²) in [7, 11) is 0. The molecule has 0 bridgehead atoms. The molecule has 2 heterocycles. The molecule has 1 aromatic carbocycles. The molecule has 1 aliphatic carbocycles. The number of amidine groups is 1. The van der Waals surface area contributed by atoms with Gasteiger partial charge in [-0.3, -0.25) is 24.8 Å². The highest BCUT2D eigenvalue weighted by molar-refractivity contribution is 6.07. The molecule has 0 aromatic heterocycles. The number of ether oxygens (including phenoxy) is 2. The predicted octanol–water partition coefficient (Wildman–Crippen LogP) is 1.50. The van der Waals surface area contributed by atoms with Crippen molar-refractivity contribution in [3.63, 3.8) is 0 Å². The summed E-state index contributed by atoms with van der Waals surface area (Å²) < 4.78 is 9.73. The van der Waals surface area contributed by atoms with E-state index < -0.39 is 36.7 Å². The zero-order valence-corrected chi connectivity index (χ0v) is 22.4. The van der Waals surface area contributed by atoms with Crippen molar-refractivity contribution in [1.82, 2.24) is 20.7 Å². The van der Waals surface area contributed by atoms with Crippen molar-refractivity contribution in [1.29, 1.82) is 0 Å². The maximum absolute atomic E-state index is 13.4. The van der Waals surface area contributed by atoms with Gasteiger partial charge in [0.1, 0.15) is 18.1 Å². The van der Waals surface area contributed by atoms with E-state index in [2.05, 4.69) is 15.7 Å². The fourth-order valence-electron chi connectivity index (χ4n) is 4.16. The van der Waals surface area contributed by atoms with Crippen molar-refractivity contribution in [3.05, 3.63) is 40.6 Å². The van der Waals surface area contributed by atoms with Crippen LogP contribution in [0.15, 0.2) is 39.5 Å². The molecule has 2 atom stereocenters. The van der Waals surface area contributed by atoms with Gasteiger partial charge in [-0.1, -0.05) is 6.07 Å². The predicted molar refractivity (Wildman–Crippen MR) is 142 cm³/mol. The molecule has 1 aromatic rings. The molecule has 3 amide bonds. The minimum absolute atomic E-state index is 0.0534. The number of hydrogen-bond acceptors (Lipinski definition) is 10. The number of hydrazine groups is 1. The number of fused-ring (bicyclic) bond motifs is 1. The second-order valence-corrected chi connectivity index (χ2v) is 9.63. The van der Waals surface area contributed by atoms with E-state index in [1.165, 1.54) is 13.3 Å². The molecule has 13 heteroatoms. The summed E-state index contributed by atoms with van der Waals surface area (Å²) in [6, 6.07) is 4.69. The first kappa shape index (κ1) is 27.8. The van der Waals surface area contributed by atoms with Crippen molar-refractivity contribution >= 4 is 41.7 Å². The van der Waals surface area contributed by atoms with Crippen molar-refractivity contribution < 1.29 is 28.7 Å². The molecule has 4 rings (SSSR count). The molecule has 0 spiro atoms. The second-order valence-electron chi connectivity index (χ2n) is 9.63. The number of benzene rings is 1. The number of nitrogens with one attached hydrogen (secondary N) is 2. The Kier molecular flexibility index (Phi) is 8.29. The first-order valence-corrected chi connectivity index (χ1v) is 12.8. The Morgan fingerprint density at radius 1 is 1.26 bits per heavy atom. The van der Waals surface area contributed by atoms with Gasteiger partial charge in [0, 0.05) is 18.2 Å². The van der Waals surface area contributed by atoms with Crippen LogP contribution in [-0.2, 0) is 19.1 Å². The van der Waals surface area contributed by atoms with Crippen LogP contribution in [0, 0.1) is 12.8 Å². The van der Waals surface area contributed by atoms with Crippen LogP contribution >= 0.6 is 0 Å². The SMILES string of the molecule is CCN(C(=O)OCOC(=O)C(C)N)C(=O)C1CN2NC=NC(=Nc3cc(C(=O)NC4CC4)ccc3C)C2=C1C. The Bertz CT molecular complexity index is 1270. The van der Waals surface area contributed by atoms with Gasteiger partial charge in [-0.2, -0.15) is 0 Å². The van der Waals surface area contributed by atoms with Crippen molar-refractivity contribution in [3.8, 4) is 0 Å². The van der Waals surface area contributed by atoms with E-state index >= 15 is 0 Å². The van der Waals surface area contributed by atoms with Gasteiger partial charge < -0.3 is 20.5 Å². The van der Waals surface area contributed by atoms with E-state index in [0.29, 0.717) is 28.4 Å². The summed E-state index contributed by atoms with van der Waals surface area (Å²) in [6.45, 7) is 6.39. The van der Waals surface area contributed by atoms with Gasteiger partial charge in [-0.05, 0) is 63.8 Å². The summed E-state index contributed by atoms with van der Waals surface area (Å²) in [6.07, 6.45) is 2.52. The molecular weight excluding hydrogens is 506 g/mol. The number of rotatable bonds is 8. The maximum Gasteiger partial charge on any atom is 0.419 e. The van der Waals surface area contributed by atoms with Gasteiger partial charge in [0.2, 0.25) is 12.7 Å². The number of amides is 3. The van der Waals surface area contributed by atoms with Crippen LogP contribution < -0.4 is 16.5 Å². The number of carbonyl (C=O) groups is 4. The Morgan fingerprint density at radius 2 is 2.00 bits per heavy atom. The first-order chi connectivity index (χ1) is 18.6. The number of aliphatic imine (C=N–C) groups is 2. The highest BCUT2D eigenvalue weighted by Gasteiger charge is 2.40. The molecular formula is C26H33N7O6. The van der Waals surface area contributed by atoms with E-state index in [0.717, 1.165) is 23.3 Å². The van der Waals surface area contributed by atoms with E-state index in [4.69, 9.17) is 20.2 Å². The van der Waals surface area contributed by atoms with Crippen molar-refractivity contribution in [2.75, 3.05) is 19.9 Å². The molecule has 0 saturated heterocycles. The third-order valence-corrected chi connectivity index (χ3v) is 6.61. The average molecular weight is 540 g/mol. The van der Waals surface area contributed by atoms with Crippen molar-refractivity contribution in [2.24, 2.45) is 21.6 Å². The number of esters is 1. The van der Waals surface area contributed by atoms with Gasteiger partial charge in [0.25, 0.3) is 5.91 Å². The number of aryl methyl sites for hydroxylation is 1. The monoisotopic (exact) mass is 539 g/mol. The van der Waals surface area contributed by atoms with E-state index in [-0.39, 0.29) is 25.0 Å². The first-order valence-electron chi connectivity index (χ1n) is 12.8. The fraction of sp³-hybridized carbons (Fsp3) is 0.462. The lowest BCUT2D eigenvalue weighted by atomic mass is 10.0. The highest BCUT2D eigenvalue weighted by Crippen LogP contribution is 2.32. The lowest BCUT2D eigenvalue weighted by molar-refractivity contribution is -0.153. The highest BCUT2D eigenvalue weighted by atomic mass is 16.7. The molecule has 2 aliphatic heterocycles. The standard InChI is InChI=1S/C26H33N7O6/c1-5-32(26(37)39-13-38-25(36)16(4)27)24(35)19-11-33-21(15(19)3)22(28-12-29-33)31-20-10-17(7-6-14(20)2)23(34)30-18-8-9-18/h6-7,10,12,16,18-19H,5,8-9,11,13,27H2,1-4H3,(H,30,34)(H,28,29,31). The van der Waals surface area contributed by atoms with Gasteiger partial charge in [0.15, 0.2) is 5.84 Å². The Labute approximate surface area is 226 Å². The zero-order chi connectivity index (χ0) is 28.3. The average Bonchev–Trinajstić information content (AvgIpc) is 3.65. The summed E-state index contributed by atoms with van der Waals surface area (Å²) >= 11 is 0. The Balaban J connectivity index is 1.53. The molecule has 4 N–H and O–H groups in total. The molecule has 1 fully saturated rings. The summed E-state index contributed by atoms with van der Waals surface area (Å²) in [5, 5.41) is 4.72. The second kappa shape index (κ2) is 11.6. The van der Waals surface area contributed by atoms with E-state index in [1.807, 2.05) is 13.0 Å². The normalized spacial score (nSPS) is 19.8. The molecule has 208 valence electrons. The third kappa shape index (κ3) is 6.25. The van der Waals surface area contributed by atoms with Crippen LogP contribution in [0.25, 0.3) is 0 Å². The lowest BCUT2D eigenvalue weighted by Crippen LogP contribution is -2.45. The Morgan fingerprint density at radius 3 is 2.67 bits per heavy atom. The van der Waals surface area contributed by atoms with Crippen LogP contribution in [0.5, 0.6) is 0 Å². The summed E-state index contributed by atoms with van der Waals surface area (Å²) in [5.41, 5.74) is 11.7. The van der Waals surface area contributed by atoms with E-state index in [9.17, 15) is 19.2 Å². The van der Waals surface area contributed by atoms with Gasteiger partial charge in [-0.25, -0.2) is 19.7 Å². The molecule has 2 unspecified atom stereocenters. The largest absolute Gasteiger partial charge is 0.427 e. The van der Waals surface area contributed by atoms with Crippen LogP contribution in [-0.4, -0.2) is 77.9 Å². The quantitative estimate of drug-likeness (QED) is 0.327. The smallest absolute Gasteiger partial charge is 0.419 e. The van der Waals surface area contributed by atoms with Gasteiger partial charge in [-0.15, -0.1) is 0 Å². The maximum atomic E-state index is 13.4. The molecule has 3 aliphatic rings. The van der Waals surface area contributed by atoms with E-state index in [1.54, 1.807) is 31.0 Å². The van der Waals surface area contributed by atoms with Crippen LogP contribution in [0.2, 0.25) is 0 Å². The number of hydrogen-bond donors (Lipinski definition) is 3. The summed E-state index contributed by atoms with van der Waals surface area (Å²) in [5.74, 6) is -1.66. The third-order valence-electron chi connectivity index (χ3n) is 6.61. The topological polar surface area (TPSA) is 168 Å². The fourth-order valence-corrected chi connectivity index (χ4v) is 4.16. The van der Waals surface area contributed by atoms with Crippen LogP contribution in [0.1, 0.15) is 49.5 Å².